The molecule has 0 saturated heterocycles. The number of benzene rings is 2. The first-order valence-corrected chi connectivity index (χ1v) is 7.92. The number of rotatable bonds is 6. The maximum absolute atomic E-state index is 12.0. The number of nitrogen functional groups attached to an aromatic ring is 1. The minimum atomic E-state index is -0.867. The molecule has 0 aliphatic heterocycles. The molecule has 3 N–H and O–H groups in total. The molecule has 1 amide bonds. The molecule has 0 aliphatic carbocycles. The van der Waals surface area contributed by atoms with Crippen molar-refractivity contribution in [2.75, 3.05) is 12.3 Å². The van der Waals surface area contributed by atoms with Gasteiger partial charge in [-0.1, -0.05) is 29.8 Å². The zero-order valence-corrected chi connectivity index (χ0v) is 14.5. The number of carbonyl (C=O) groups excluding carboxylic acids is 2. The first-order valence-electron chi connectivity index (χ1n) is 7.54. The summed E-state index contributed by atoms with van der Waals surface area (Å²) in [6, 6.07) is 10.2. The number of ether oxygens (including phenoxy) is 1. The van der Waals surface area contributed by atoms with E-state index in [9.17, 15) is 19.7 Å². The fourth-order valence-corrected chi connectivity index (χ4v) is 2.53. The van der Waals surface area contributed by atoms with Gasteiger partial charge in [0.25, 0.3) is 11.6 Å². The van der Waals surface area contributed by atoms with Crippen molar-refractivity contribution < 1.29 is 19.2 Å². The van der Waals surface area contributed by atoms with Crippen LogP contribution in [0.4, 0.5) is 11.4 Å². The summed E-state index contributed by atoms with van der Waals surface area (Å²) in [7, 11) is 0. The Morgan fingerprint density at radius 3 is 2.65 bits per heavy atom. The molecule has 26 heavy (non-hydrogen) atoms. The summed E-state index contributed by atoms with van der Waals surface area (Å²) < 4.78 is 4.88. The number of nitro groups is 1. The van der Waals surface area contributed by atoms with E-state index in [4.69, 9.17) is 22.1 Å². The van der Waals surface area contributed by atoms with Gasteiger partial charge in [0.2, 0.25) is 0 Å². The molecule has 0 fully saturated rings. The van der Waals surface area contributed by atoms with Crippen molar-refractivity contribution in [3.63, 3.8) is 0 Å². The van der Waals surface area contributed by atoms with E-state index < -0.39 is 29.1 Å². The van der Waals surface area contributed by atoms with Gasteiger partial charge >= 0.3 is 5.97 Å². The lowest BCUT2D eigenvalue weighted by molar-refractivity contribution is -0.383. The lowest BCUT2D eigenvalue weighted by Crippen LogP contribution is -2.31. The van der Waals surface area contributed by atoms with Gasteiger partial charge in [0.1, 0.15) is 5.69 Å². The molecule has 0 radical (unpaired) electrons. The summed E-state index contributed by atoms with van der Waals surface area (Å²) in [6.07, 6.45) is 0. The number of carbonyl (C=O) groups is 2. The van der Waals surface area contributed by atoms with Crippen LogP contribution in [0.15, 0.2) is 42.5 Å². The first kappa shape index (κ1) is 19.2. The van der Waals surface area contributed by atoms with Gasteiger partial charge in [-0.3, -0.25) is 14.9 Å². The Morgan fingerprint density at radius 2 is 2.00 bits per heavy atom. The predicted molar refractivity (Wildman–Crippen MR) is 95.8 cm³/mol. The summed E-state index contributed by atoms with van der Waals surface area (Å²) in [6.45, 7) is 1.20. The molecule has 2 aromatic rings. The number of nitrogens with two attached hydrogens (primary N) is 1. The zero-order chi connectivity index (χ0) is 19.3. The van der Waals surface area contributed by atoms with E-state index in [1.54, 1.807) is 31.2 Å². The van der Waals surface area contributed by atoms with Crippen LogP contribution in [0.2, 0.25) is 5.02 Å². The van der Waals surface area contributed by atoms with Crippen LogP contribution < -0.4 is 11.1 Å². The average Bonchev–Trinajstić information content (AvgIpc) is 2.60. The van der Waals surface area contributed by atoms with Crippen LogP contribution in [0.5, 0.6) is 0 Å². The molecular formula is C17H16ClN3O5. The van der Waals surface area contributed by atoms with Crippen molar-refractivity contribution in [1.29, 1.82) is 0 Å². The van der Waals surface area contributed by atoms with Crippen LogP contribution in [0.25, 0.3) is 0 Å². The van der Waals surface area contributed by atoms with Gasteiger partial charge in [-0.05, 0) is 30.7 Å². The number of hydrogen-bond acceptors (Lipinski definition) is 6. The minimum Gasteiger partial charge on any atom is -0.452 e. The largest absolute Gasteiger partial charge is 0.452 e. The van der Waals surface area contributed by atoms with Crippen LogP contribution in [-0.2, 0) is 9.53 Å². The number of nitro benzene ring substituents is 1. The number of nitrogens with one attached hydrogen (secondary N) is 1. The van der Waals surface area contributed by atoms with E-state index in [0.717, 1.165) is 11.6 Å². The van der Waals surface area contributed by atoms with E-state index in [1.165, 1.54) is 12.1 Å². The molecule has 0 bridgehead atoms. The maximum Gasteiger partial charge on any atom is 0.338 e. The summed E-state index contributed by atoms with van der Waals surface area (Å²) in [4.78, 5) is 34.0. The Bertz CT molecular complexity index is 856. The normalized spacial score (nSPS) is 11.5. The highest BCUT2D eigenvalue weighted by molar-refractivity contribution is 6.31. The number of esters is 1. The van der Waals surface area contributed by atoms with Crippen molar-refractivity contribution >= 4 is 34.9 Å². The number of halogens is 1. The van der Waals surface area contributed by atoms with Gasteiger partial charge in [0, 0.05) is 11.1 Å². The third-order valence-corrected chi connectivity index (χ3v) is 3.89. The SMILES string of the molecule is C[C@@H](NC(=O)COC(=O)c1ccc(N)c([N+](=O)[O-])c1)c1ccccc1Cl. The van der Waals surface area contributed by atoms with E-state index >= 15 is 0 Å². The van der Waals surface area contributed by atoms with Gasteiger partial charge in [0.05, 0.1) is 16.5 Å². The molecule has 0 unspecified atom stereocenters. The summed E-state index contributed by atoms with van der Waals surface area (Å²) in [5.41, 5.74) is 5.64. The van der Waals surface area contributed by atoms with Gasteiger partial charge in [-0.15, -0.1) is 0 Å². The molecule has 0 aromatic heterocycles. The van der Waals surface area contributed by atoms with Gasteiger partial charge < -0.3 is 15.8 Å². The van der Waals surface area contributed by atoms with Crippen molar-refractivity contribution in [2.45, 2.75) is 13.0 Å². The highest BCUT2D eigenvalue weighted by Gasteiger charge is 2.18. The predicted octanol–water partition coefficient (Wildman–Crippen LogP) is 2.86. The molecular weight excluding hydrogens is 362 g/mol. The Hall–Kier alpha value is -3.13. The van der Waals surface area contributed by atoms with Crippen LogP contribution in [0.1, 0.15) is 28.9 Å². The monoisotopic (exact) mass is 377 g/mol. The second kappa shape index (κ2) is 8.30. The molecule has 2 rings (SSSR count). The highest BCUT2D eigenvalue weighted by atomic mass is 35.5. The van der Waals surface area contributed by atoms with E-state index in [1.807, 2.05) is 0 Å². The highest BCUT2D eigenvalue weighted by Crippen LogP contribution is 2.23. The second-order valence-electron chi connectivity index (χ2n) is 5.42. The van der Waals surface area contributed by atoms with Gasteiger partial charge in [-0.2, -0.15) is 0 Å². The molecule has 8 nitrogen and oxygen atoms in total. The average molecular weight is 378 g/mol. The Morgan fingerprint density at radius 1 is 1.31 bits per heavy atom. The maximum atomic E-state index is 12.0. The molecule has 0 aliphatic rings. The Kier molecular flexibility index (Phi) is 6.13. The summed E-state index contributed by atoms with van der Waals surface area (Å²) in [5.74, 6) is -1.40. The summed E-state index contributed by atoms with van der Waals surface area (Å²) >= 11 is 6.06. The number of nitrogens with zero attached hydrogens (tertiary/aromatic N) is 1. The van der Waals surface area contributed by atoms with E-state index in [-0.39, 0.29) is 17.3 Å². The molecule has 1 atom stereocenters. The van der Waals surface area contributed by atoms with Crippen LogP contribution >= 0.6 is 11.6 Å². The lowest BCUT2D eigenvalue weighted by Gasteiger charge is -2.15. The number of hydrogen-bond donors (Lipinski definition) is 2. The van der Waals surface area contributed by atoms with Crippen molar-refractivity contribution in [2.24, 2.45) is 0 Å². The molecule has 9 heteroatoms. The van der Waals surface area contributed by atoms with Crippen LogP contribution in [-0.4, -0.2) is 23.4 Å². The third kappa shape index (κ3) is 4.70. The molecule has 0 saturated carbocycles. The van der Waals surface area contributed by atoms with Gasteiger partial charge in [-0.25, -0.2) is 4.79 Å². The Labute approximate surface area is 154 Å². The van der Waals surface area contributed by atoms with E-state index in [0.29, 0.717) is 5.02 Å². The van der Waals surface area contributed by atoms with Crippen molar-refractivity contribution in [3.05, 3.63) is 68.7 Å². The van der Waals surface area contributed by atoms with Crippen molar-refractivity contribution in [3.8, 4) is 0 Å². The second-order valence-corrected chi connectivity index (χ2v) is 5.82. The summed E-state index contributed by atoms with van der Waals surface area (Å²) in [5, 5.41) is 14.0. The third-order valence-electron chi connectivity index (χ3n) is 3.55. The molecule has 0 spiro atoms. The lowest BCUT2D eigenvalue weighted by atomic mass is 10.1. The van der Waals surface area contributed by atoms with Crippen molar-refractivity contribution in [1.82, 2.24) is 5.32 Å². The van der Waals surface area contributed by atoms with Crippen LogP contribution in [0, 0.1) is 10.1 Å². The van der Waals surface area contributed by atoms with Gasteiger partial charge in [0.15, 0.2) is 6.61 Å². The Balaban J connectivity index is 1.95. The molecule has 0 heterocycles. The fourth-order valence-electron chi connectivity index (χ4n) is 2.23. The minimum absolute atomic E-state index is 0.0714. The fraction of sp³-hybridized carbons (Fsp3) is 0.176. The molecule has 2 aromatic carbocycles. The van der Waals surface area contributed by atoms with Crippen LogP contribution in [0.3, 0.4) is 0 Å². The number of anilines is 1. The standard InChI is InChI=1S/C17H16ClN3O5/c1-10(12-4-2-3-5-13(12)18)20-16(22)9-26-17(23)11-6-7-14(19)15(8-11)21(24)25/h2-8,10H,9,19H2,1H3,(H,20,22)/t10-/m1/s1. The smallest absolute Gasteiger partial charge is 0.338 e. The van der Waals surface area contributed by atoms with E-state index in [2.05, 4.69) is 5.32 Å². The zero-order valence-electron chi connectivity index (χ0n) is 13.8. The number of amides is 1. The topological polar surface area (TPSA) is 125 Å². The first-order chi connectivity index (χ1) is 12.3. The molecule has 136 valence electrons. The quantitative estimate of drug-likeness (QED) is 0.345.